The van der Waals surface area contributed by atoms with Crippen LogP contribution in [-0.2, 0) is 10.0 Å². The Hall–Kier alpha value is -0.780. The standard InChI is InChI=1S/C14H21ClN2O2S/c15-13-10-12(16)6-7-14(13)20(18,19)17-9-8-11-4-2-1-3-5-11/h6-7,10-11,17H,1-5,8-9,16H2. The van der Waals surface area contributed by atoms with Gasteiger partial charge >= 0.3 is 0 Å². The number of hydrogen-bond acceptors (Lipinski definition) is 3. The molecule has 1 aromatic carbocycles. The Bertz CT molecular complexity index is 554. The summed E-state index contributed by atoms with van der Waals surface area (Å²) in [5.41, 5.74) is 6.02. The van der Waals surface area contributed by atoms with E-state index in [1.165, 1.54) is 44.2 Å². The van der Waals surface area contributed by atoms with E-state index in [1.54, 1.807) is 6.07 Å². The highest BCUT2D eigenvalue weighted by Crippen LogP contribution is 2.26. The van der Waals surface area contributed by atoms with Crippen LogP contribution < -0.4 is 10.5 Å². The zero-order valence-corrected chi connectivity index (χ0v) is 13.0. The summed E-state index contributed by atoms with van der Waals surface area (Å²) in [5.74, 6) is 0.647. The Labute approximate surface area is 125 Å². The van der Waals surface area contributed by atoms with Crippen LogP contribution in [0, 0.1) is 5.92 Å². The van der Waals surface area contributed by atoms with E-state index in [0.29, 0.717) is 18.2 Å². The van der Waals surface area contributed by atoms with Crippen molar-refractivity contribution in [1.29, 1.82) is 0 Å². The van der Waals surface area contributed by atoms with E-state index in [1.807, 2.05) is 0 Å². The van der Waals surface area contributed by atoms with E-state index in [-0.39, 0.29) is 9.92 Å². The summed E-state index contributed by atoms with van der Waals surface area (Å²) in [6.45, 7) is 0.466. The topological polar surface area (TPSA) is 72.2 Å². The van der Waals surface area contributed by atoms with Gasteiger partial charge in [0.05, 0.1) is 5.02 Å². The molecule has 0 aromatic heterocycles. The third-order valence-corrected chi connectivity index (χ3v) is 5.76. The maximum atomic E-state index is 12.2. The maximum absolute atomic E-state index is 12.2. The number of sulfonamides is 1. The SMILES string of the molecule is Nc1ccc(S(=O)(=O)NCCC2CCCCC2)c(Cl)c1. The van der Waals surface area contributed by atoms with Crippen molar-refractivity contribution in [2.45, 2.75) is 43.4 Å². The third kappa shape index (κ3) is 4.11. The number of nitrogens with two attached hydrogens (primary N) is 1. The molecule has 2 rings (SSSR count). The molecule has 0 saturated heterocycles. The second kappa shape index (κ2) is 6.78. The molecule has 112 valence electrons. The molecule has 3 N–H and O–H groups in total. The fourth-order valence-electron chi connectivity index (χ4n) is 2.69. The van der Waals surface area contributed by atoms with Crippen molar-refractivity contribution >= 4 is 27.3 Å². The van der Waals surface area contributed by atoms with Crippen molar-refractivity contribution in [2.75, 3.05) is 12.3 Å². The monoisotopic (exact) mass is 316 g/mol. The van der Waals surface area contributed by atoms with Crippen molar-refractivity contribution in [3.63, 3.8) is 0 Å². The average Bonchev–Trinajstić information content (AvgIpc) is 2.39. The molecule has 1 fully saturated rings. The highest BCUT2D eigenvalue weighted by atomic mass is 35.5. The first-order chi connectivity index (χ1) is 9.49. The number of hydrogen-bond donors (Lipinski definition) is 2. The lowest BCUT2D eigenvalue weighted by atomic mass is 9.87. The van der Waals surface area contributed by atoms with Crippen LogP contribution >= 0.6 is 11.6 Å². The number of rotatable bonds is 5. The summed E-state index contributed by atoms with van der Waals surface area (Å²) in [5, 5.41) is 0.162. The Morgan fingerprint density at radius 1 is 1.25 bits per heavy atom. The van der Waals surface area contributed by atoms with Crippen LogP contribution in [0.25, 0.3) is 0 Å². The highest BCUT2D eigenvalue weighted by molar-refractivity contribution is 7.89. The van der Waals surface area contributed by atoms with Crippen LogP contribution in [0.4, 0.5) is 5.69 Å². The molecule has 1 saturated carbocycles. The molecule has 20 heavy (non-hydrogen) atoms. The van der Waals surface area contributed by atoms with Crippen molar-refractivity contribution in [3.05, 3.63) is 23.2 Å². The third-order valence-electron chi connectivity index (χ3n) is 3.81. The van der Waals surface area contributed by atoms with Crippen LogP contribution in [0.1, 0.15) is 38.5 Å². The van der Waals surface area contributed by atoms with Crippen molar-refractivity contribution in [2.24, 2.45) is 5.92 Å². The molecule has 0 unspecified atom stereocenters. The van der Waals surface area contributed by atoms with Crippen molar-refractivity contribution < 1.29 is 8.42 Å². The first-order valence-electron chi connectivity index (χ1n) is 7.04. The summed E-state index contributed by atoms with van der Waals surface area (Å²) in [4.78, 5) is 0.0945. The van der Waals surface area contributed by atoms with Gasteiger partial charge in [0.1, 0.15) is 4.90 Å². The van der Waals surface area contributed by atoms with Gasteiger partial charge in [0.15, 0.2) is 0 Å². The van der Waals surface area contributed by atoms with Crippen LogP contribution in [0.2, 0.25) is 5.02 Å². The molecule has 4 nitrogen and oxygen atoms in total. The Morgan fingerprint density at radius 2 is 1.95 bits per heavy atom. The predicted octanol–water partition coefficient (Wildman–Crippen LogP) is 3.17. The Morgan fingerprint density at radius 3 is 2.60 bits per heavy atom. The van der Waals surface area contributed by atoms with Crippen molar-refractivity contribution in [1.82, 2.24) is 4.72 Å². The second-order valence-electron chi connectivity index (χ2n) is 5.38. The summed E-state index contributed by atoms with van der Waals surface area (Å²) in [6, 6.07) is 4.44. The second-order valence-corrected chi connectivity index (χ2v) is 7.52. The van der Waals surface area contributed by atoms with Gasteiger partial charge in [-0.05, 0) is 30.5 Å². The minimum atomic E-state index is -3.55. The van der Waals surface area contributed by atoms with E-state index < -0.39 is 10.0 Å². The maximum Gasteiger partial charge on any atom is 0.242 e. The minimum absolute atomic E-state index is 0.0945. The molecule has 1 aromatic rings. The van der Waals surface area contributed by atoms with Gasteiger partial charge in [0, 0.05) is 12.2 Å². The van der Waals surface area contributed by atoms with Crippen LogP contribution in [0.5, 0.6) is 0 Å². The first-order valence-corrected chi connectivity index (χ1v) is 8.90. The lowest BCUT2D eigenvalue weighted by molar-refractivity contribution is 0.339. The summed E-state index contributed by atoms with van der Waals surface area (Å²) in [7, 11) is -3.55. The van der Waals surface area contributed by atoms with Crippen LogP contribution in [0.15, 0.2) is 23.1 Å². The minimum Gasteiger partial charge on any atom is -0.399 e. The molecule has 1 aliphatic carbocycles. The molecule has 1 aliphatic rings. The lowest BCUT2D eigenvalue weighted by Gasteiger charge is -2.21. The molecule has 0 aliphatic heterocycles. The van der Waals surface area contributed by atoms with E-state index in [2.05, 4.69) is 4.72 Å². The molecule has 0 amide bonds. The van der Waals surface area contributed by atoms with Gasteiger partial charge in [-0.2, -0.15) is 0 Å². The van der Waals surface area contributed by atoms with Gasteiger partial charge < -0.3 is 5.73 Å². The smallest absolute Gasteiger partial charge is 0.242 e. The molecule has 0 spiro atoms. The largest absolute Gasteiger partial charge is 0.399 e. The highest BCUT2D eigenvalue weighted by Gasteiger charge is 2.19. The molecule has 0 heterocycles. The number of halogens is 1. The number of anilines is 1. The van der Waals surface area contributed by atoms with E-state index in [4.69, 9.17) is 17.3 Å². The lowest BCUT2D eigenvalue weighted by Crippen LogP contribution is -2.27. The zero-order valence-electron chi connectivity index (χ0n) is 11.4. The zero-order chi connectivity index (χ0) is 14.6. The van der Waals surface area contributed by atoms with Crippen molar-refractivity contribution in [3.8, 4) is 0 Å². The quantitative estimate of drug-likeness (QED) is 0.819. The Balaban J connectivity index is 1.93. The molecule has 0 atom stereocenters. The molecular weight excluding hydrogens is 296 g/mol. The van der Waals surface area contributed by atoms with Gasteiger partial charge in [-0.1, -0.05) is 43.7 Å². The molecule has 0 radical (unpaired) electrons. The van der Waals surface area contributed by atoms with Gasteiger partial charge in [-0.3, -0.25) is 0 Å². The fourth-order valence-corrected chi connectivity index (χ4v) is 4.28. The van der Waals surface area contributed by atoms with Gasteiger partial charge in [-0.15, -0.1) is 0 Å². The van der Waals surface area contributed by atoms with Crippen LogP contribution in [-0.4, -0.2) is 15.0 Å². The molecule has 6 heteroatoms. The predicted molar refractivity (Wildman–Crippen MR) is 82.2 cm³/mol. The number of nitrogen functional groups attached to an aromatic ring is 1. The first kappa shape index (κ1) is 15.6. The van der Waals surface area contributed by atoms with Gasteiger partial charge in [-0.25, -0.2) is 13.1 Å². The summed E-state index contributed by atoms with van der Waals surface area (Å²) >= 11 is 5.94. The van der Waals surface area contributed by atoms with Gasteiger partial charge in [0.2, 0.25) is 10.0 Å². The van der Waals surface area contributed by atoms with E-state index in [0.717, 1.165) is 6.42 Å². The molecule has 0 bridgehead atoms. The fraction of sp³-hybridized carbons (Fsp3) is 0.571. The number of nitrogens with one attached hydrogen (secondary N) is 1. The summed E-state index contributed by atoms with van der Waals surface area (Å²) in [6.07, 6.45) is 7.16. The van der Waals surface area contributed by atoms with E-state index >= 15 is 0 Å². The summed E-state index contributed by atoms with van der Waals surface area (Å²) < 4.78 is 27.0. The van der Waals surface area contributed by atoms with E-state index in [9.17, 15) is 8.42 Å². The van der Waals surface area contributed by atoms with Gasteiger partial charge in [0.25, 0.3) is 0 Å². The number of benzene rings is 1. The normalized spacial score (nSPS) is 17.2. The molecular formula is C14H21ClN2O2S. The Kier molecular flexibility index (Phi) is 5.29. The average molecular weight is 317 g/mol. The van der Waals surface area contributed by atoms with Crippen LogP contribution in [0.3, 0.4) is 0 Å².